The number of aliphatic hydroxyl groups excluding tert-OH is 1. The highest BCUT2D eigenvalue weighted by Gasteiger charge is 2.39. The first-order valence-electron chi connectivity index (χ1n) is 18.5. The van der Waals surface area contributed by atoms with Gasteiger partial charge in [0.05, 0.1) is 25.3 Å². The van der Waals surface area contributed by atoms with Gasteiger partial charge in [-0.1, -0.05) is 61.1 Å². The molecule has 0 spiro atoms. The minimum Gasteiger partial charge on any atom is -0.460 e. The fraction of sp³-hybridized carbons (Fsp3) is 0.462. The van der Waals surface area contributed by atoms with E-state index in [9.17, 15) is 28.7 Å². The summed E-state index contributed by atoms with van der Waals surface area (Å²) in [7, 11) is 0. The second-order valence-electron chi connectivity index (χ2n) is 14.2. The molecule has 2 aliphatic heterocycles. The number of ether oxygens (including phenoxy) is 1. The highest BCUT2D eigenvalue weighted by molar-refractivity contribution is 5.95. The number of amides is 3. The standard InChI is InChI=1S/C39H49FN8O7/c1-24(2)37-27(19-35(51)43-14-16-47-22-31(45-46-47)26-8-4-9-29(41)18-26)11-12-34(50)42-13-5-7-25(3)17-30(49)20-28(40)21-36-44-32(23-54-36)38(52)48-15-6-10-33(48)39(53)55-37/h4-5,7-9,11-12,17-18,22-24,27-28,30,33,37,49H,6,10,13-16,19-21,41H2,1-3H3,(H,42,50)(H,43,51)/b7-5?,12-11+,25-17?. The molecule has 2 bridgehead atoms. The van der Waals surface area contributed by atoms with Crippen LogP contribution in [0.3, 0.4) is 0 Å². The summed E-state index contributed by atoms with van der Waals surface area (Å²) in [5.41, 5.74) is 8.53. The minimum absolute atomic E-state index is 0.00675. The maximum Gasteiger partial charge on any atom is 0.329 e. The topological polar surface area (TPSA) is 208 Å². The number of carbonyl (C=O) groups excluding carboxylic acids is 4. The number of nitrogens with one attached hydrogen (secondary N) is 2. The molecule has 0 saturated carbocycles. The average molecular weight is 761 g/mol. The Morgan fingerprint density at radius 3 is 2.80 bits per heavy atom. The van der Waals surface area contributed by atoms with Gasteiger partial charge in [-0.15, -0.1) is 5.10 Å². The lowest BCUT2D eigenvalue weighted by atomic mass is 9.89. The molecule has 1 fully saturated rings. The third kappa shape index (κ3) is 11.7. The minimum atomic E-state index is -1.50. The van der Waals surface area contributed by atoms with Crippen LogP contribution in [-0.4, -0.2) is 97.7 Å². The summed E-state index contributed by atoms with van der Waals surface area (Å²) in [6, 6.07) is 6.34. The number of alkyl halides is 1. The Hall–Kier alpha value is -5.64. The van der Waals surface area contributed by atoms with E-state index >= 15 is 0 Å². The molecule has 3 aromatic rings. The van der Waals surface area contributed by atoms with Gasteiger partial charge in [-0.25, -0.2) is 14.2 Å². The molecular formula is C39H49FN8O7. The number of benzene rings is 1. The lowest BCUT2D eigenvalue weighted by molar-refractivity contribution is -0.159. The van der Waals surface area contributed by atoms with Crippen LogP contribution in [0.5, 0.6) is 0 Å². The van der Waals surface area contributed by atoms with Crippen LogP contribution in [0.2, 0.25) is 0 Å². The number of rotatable bonds is 7. The van der Waals surface area contributed by atoms with Crippen LogP contribution < -0.4 is 16.4 Å². The Bertz CT molecular complexity index is 1900. The summed E-state index contributed by atoms with van der Waals surface area (Å²) < 4.78 is 27.9. The molecule has 5 atom stereocenters. The van der Waals surface area contributed by atoms with Gasteiger partial charge in [-0.05, 0) is 43.9 Å². The molecular weight excluding hydrogens is 711 g/mol. The van der Waals surface area contributed by atoms with Gasteiger partial charge in [0.1, 0.15) is 30.3 Å². The molecule has 2 aromatic heterocycles. The van der Waals surface area contributed by atoms with Crippen molar-refractivity contribution in [3.63, 3.8) is 0 Å². The number of nitrogen functional groups attached to an aromatic ring is 1. The summed E-state index contributed by atoms with van der Waals surface area (Å²) in [6.07, 6.45) is 7.49. The van der Waals surface area contributed by atoms with Gasteiger partial charge in [0.2, 0.25) is 11.8 Å². The van der Waals surface area contributed by atoms with E-state index < -0.39 is 48.1 Å². The van der Waals surface area contributed by atoms with Crippen LogP contribution in [0.15, 0.2) is 77.1 Å². The van der Waals surface area contributed by atoms with Crippen LogP contribution in [0.4, 0.5) is 10.1 Å². The normalized spacial score (nSPS) is 23.8. The third-order valence-electron chi connectivity index (χ3n) is 9.31. The van der Waals surface area contributed by atoms with Crippen molar-refractivity contribution in [2.45, 2.75) is 83.8 Å². The molecule has 294 valence electrons. The first kappa shape index (κ1) is 40.5. The van der Waals surface area contributed by atoms with Crippen molar-refractivity contribution < 1.29 is 37.8 Å². The fourth-order valence-electron chi connectivity index (χ4n) is 6.60. The number of fused-ring (bicyclic) bond motifs is 3. The van der Waals surface area contributed by atoms with E-state index in [0.29, 0.717) is 36.3 Å². The molecule has 4 heterocycles. The lowest BCUT2D eigenvalue weighted by Crippen LogP contribution is -2.44. The molecule has 16 heteroatoms. The number of aliphatic hydroxyl groups is 1. The largest absolute Gasteiger partial charge is 0.460 e. The monoisotopic (exact) mass is 760 g/mol. The van der Waals surface area contributed by atoms with Crippen LogP contribution in [0.25, 0.3) is 11.3 Å². The zero-order chi connectivity index (χ0) is 39.5. The summed E-state index contributed by atoms with van der Waals surface area (Å²) in [5, 5.41) is 24.4. The van der Waals surface area contributed by atoms with Crippen LogP contribution in [0.1, 0.15) is 62.8 Å². The molecule has 5 rings (SSSR count). The molecule has 1 saturated heterocycles. The van der Waals surface area contributed by atoms with E-state index in [-0.39, 0.29) is 62.3 Å². The number of cyclic esters (lactones) is 1. The number of esters is 1. The zero-order valence-electron chi connectivity index (χ0n) is 31.3. The van der Waals surface area contributed by atoms with Crippen LogP contribution in [-0.2, 0) is 32.1 Å². The molecule has 0 aliphatic carbocycles. The number of nitrogens with two attached hydrogens (primary N) is 1. The molecule has 5 unspecified atom stereocenters. The average Bonchev–Trinajstić information content (AvgIpc) is 3.92. The maximum absolute atomic E-state index is 14.9. The van der Waals surface area contributed by atoms with Crippen LogP contribution in [0, 0.1) is 11.8 Å². The number of nitrogens with zero attached hydrogens (tertiary/aromatic N) is 5. The molecule has 15 nitrogen and oxygen atoms in total. The lowest BCUT2D eigenvalue weighted by Gasteiger charge is -2.30. The van der Waals surface area contributed by atoms with E-state index in [1.165, 1.54) is 17.1 Å². The van der Waals surface area contributed by atoms with Gasteiger partial charge in [0.15, 0.2) is 11.6 Å². The van der Waals surface area contributed by atoms with Gasteiger partial charge >= 0.3 is 5.97 Å². The Morgan fingerprint density at radius 1 is 1.20 bits per heavy atom. The first-order chi connectivity index (χ1) is 26.4. The highest BCUT2D eigenvalue weighted by Crippen LogP contribution is 2.27. The van der Waals surface area contributed by atoms with Crippen molar-refractivity contribution >= 4 is 29.4 Å². The summed E-state index contributed by atoms with van der Waals surface area (Å²) in [5.74, 6) is -2.99. The van der Waals surface area contributed by atoms with Crippen molar-refractivity contribution in [2.24, 2.45) is 11.8 Å². The smallest absolute Gasteiger partial charge is 0.329 e. The van der Waals surface area contributed by atoms with E-state index in [0.717, 1.165) is 11.8 Å². The van der Waals surface area contributed by atoms with Crippen molar-refractivity contribution in [3.8, 4) is 11.3 Å². The second kappa shape index (κ2) is 19.1. The number of aromatic nitrogens is 4. The molecule has 0 radical (unpaired) electrons. The third-order valence-corrected chi connectivity index (χ3v) is 9.31. The molecule has 55 heavy (non-hydrogen) atoms. The first-order valence-corrected chi connectivity index (χ1v) is 18.5. The SMILES string of the molecule is CC1=CC(O)CC(F)Cc2nc(co2)C(=O)N2CCCC2C(=O)OC(C(C)C)C(CC(=O)NCCn2cc(-c3cccc(N)c3)nn2)/C=C/C(=O)NCC=C1. The zero-order valence-corrected chi connectivity index (χ0v) is 31.3. The Balaban J connectivity index is 1.32. The molecule has 1 aromatic carbocycles. The number of hydrogen-bond donors (Lipinski definition) is 4. The predicted molar refractivity (Wildman–Crippen MR) is 201 cm³/mol. The van der Waals surface area contributed by atoms with Crippen molar-refractivity contribution in [3.05, 3.63) is 84.3 Å². The maximum atomic E-state index is 14.9. The van der Waals surface area contributed by atoms with Gasteiger partial charge in [0.25, 0.3) is 5.91 Å². The van der Waals surface area contributed by atoms with E-state index in [1.807, 2.05) is 26.0 Å². The Morgan fingerprint density at radius 2 is 2.02 bits per heavy atom. The number of allylic oxidation sites excluding steroid dienone is 2. The number of anilines is 1. The van der Waals surface area contributed by atoms with E-state index in [2.05, 4.69) is 25.9 Å². The van der Waals surface area contributed by atoms with Crippen molar-refractivity contribution in [1.82, 2.24) is 35.5 Å². The van der Waals surface area contributed by atoms with Crippen molar-refractivity contribution in [2.75, 3.05) is 25.4 Å². The Kier molecular flexibility index (Phi) is 14.1. The van der Waals surface area contributed by atoms with Crippen LogP contribution >= 0.6 is 0 Å². The predicted octanol–water partition coefficient (Wildman–Crippen LogP) is 3.33. The Labute approximate surface area is 318 Å². The quantitative estimate of drug-likeness (QED) is 0.203. The number of oxazole rings is 1. The van der Waals surface area contributed by atoms with E-state index in [1.54, 1.807) is 48.2 Å². The van der Waals surface area contributed by atoms with Gasteiger partial charge in [-0.3, -0.25) is 19.1 Å². The second-order valence-corrected chi connectivity index (χ2v) is 14.2. The van der Waals surface area contributed by atoms with Crippen molar-refractivity contribution in [1.29, 1.82) is 0 Å². The molecule has 2 aliphatic rings. The number of halogens is 1. The molecule has 5 N–H and O–H groups in total. The highest BCUT2D eigenvalue weighted by atomic mass is 19.1. The van der Waals surface area contributed by atoms with Gasteiger partial charge in [0, 0.05) is 49.6 Å². The van der Waals surface area contributed by atoms with E-state index in [4.69, 9.17) is 14.9 Å². The summed E-state index contributed by atoms with van der Waals surface area (Å²) in [4.78, 5) is 59.1. The van der Waals surface area contributed by atoms with Gasteiger partial charge < -0.3 is 35.5 Å². The summed E-state index contributed by atoms with van der Waals surface area (Å²) >= 11 is 0. The number of hydrogen-bond acceptors (Lipinski definition) is 11. The number of carbonyl (C=O) groups is 4. The summed E-state index contributed by atoms with van der Waals surface area (Å²) in [6.45, 7) is 6.41. The molecule has 3 amide bonds. The fourth-order valence-corrected chi connectivity index (χ4v) is 6.60. The van der Waals surface area contributed by atoms with Gasteiger partial charge in [-0.2, -0.15) is 0 Å².